The molecular formula is C20H25FN2O2S. The van der Waals surface area contributed by atoms with Gasteiger partial charge in [0.2, 0.25) is 11.8 Å². The zero-order chi connectivity index (χ0) is 19.1. The van der Waals surface area contributed by atoms with Gasteiger partial charge in [0.15, 0.2) is 0 Å². The Balaban J connectivity index is 1.72. The van der Waals surface area contributed by atoms with Crippen LogP contribution in [-0.2, 0) is 9.59 Å². The zero-order valence-electron chi connectivity index (χ0n) is 15.6. The van der Waals surface area contributed by atoms with E-state index in [-0.39, 0.29) is 34.8 Å². The quantitative estimate of drug-likeness (QED) is 0.811. The Bertz CT molecular complexity index is 758. The summed E-state index contributed by atoms with van der Waals surface area (Å²) in [5.41, 5.74) is 1.26. The summed E-state index contributed by atoms with van der Waals surface area (Å²) in [7, 11) is 0. The van der Waals surface area contributed by atoms with E-state index in [0.717, 1.165) is 0 Å². The summed E-state index contributed by atoms with van der Waals surface area (Å²) in [4.78, 5) is 27.4. The number of nitrogens with zero attached hydrogens (tertiary/aromatic N) is 1. The average Bonchev–Trinajstić information content (AvgIpc) is 2.93. The summed E-state index contributed by atoms with van der Waals surface area (Å²) in [6.07, 6.45) is 2.15. The molecule has 3 atom stereocenters. The normalized spacial score (nSPS) is 26.3. The SMILES string of the molecule is CC(C)=C[C@@H]1[C@@H](C(=O)N2CSC[C@H]2C(=O)Nc2ccccc2F)C1(C)C. The van der Waals surface area contributed by atoms with Crippen LogP contribution in [0.3, 0.4) is 0 Å². The Hall–Kier alpha value is -1.82. The minimum absolute atomic E-state index is 0.0242. The highest BCUT2D eigenvalue weighted by Crippen LogP contribution is 2.60. The van der Waals surface area contributed by atoms with Crippen LogP contribution in [0.25, 0.3) is 0 Å². The largest absolute Gasteiger partial charge is 0.322 e. The van der Waals surface area contributed by atoms with Crippen molar-refractivity contribution in [2.45, 2.75) is 33.7 Å². The molecule has 1 saturated heterocycles. The summed E-state index contributed by atoms with van der Waals surface area (Å²) >= 11 is 1.56. The number of carbonyl (C=O) groups is 2. The maximum atomic E-state index is 13.8. The molecule has 1 aromatic rings. The number of carbonyl (C=O) groups excluding carboxylic acids is 2. The van der Waals surface area contributed by atoms with Gasteiger partial charge in [-0.2, -0.15) is 0 Å². The third-order valence-corrected chi connectivity index (χ3v) is 6.30. The molecule has 2 aliphatic rings. The second kappa shape index (κ2) is 7.06. The molecule has 1 aliphatic heterocycles. The van der Waals surface area contributed by atoms with E-state index in [9.17, 15) is 14.0 Å². The lowest BCUT2D eigenvalue weighted by Crippen LogP contribution is -2.45. The van der Waals surface area contributed by atoms with Crippen LogP contribution in [-0.4, -0.2) is 34.4 Å². The van der Waals surface area contributed by atoms with Crippen molar-refractivity contribution < 1.29 is 14.0 Å². The first-order valence-electron chi connectivity index (χ1n) is 8.82. The van der Waals surface area contributed by atoms with Gasteiger partial charge in [0.25, 0.3) is 0 Å². The Labute approximate surface area is 158 Å². The van der Waals surface area contributed by atoms with Gasteiger partial charge in [-0.3, -0.25) is 9.59 Å². The Kier molecular flexibility index (Phi) is 5.15. The lowest BCUT2D eigenvalue weighted by molar-refractivity contribution is -0.138. The lowest BCUT2D eigenvalue weighted by Gasteiger charge is -2.24. The number of anilines is 1. The molecule has 1 aliphatic carbocycles. The van der Waals surface area contributed by atoms with E-state index in [1.54, 1.807) is 28.8 Å². The number of thioether (sulfide) groups is 1. The first kappa shape index (κ1) is 19.0. The number of hydrogen-bond acceptors (Lipinski definition) is 3. The van der Waals surface area contributed by atoms with E-state index in [4.69, 9.17) is 0 Å². The fourth-order valence-electron chi connectivity index (χ4n) is 3.65. The van der Waals surface area contributed by atoms with Crippen LogP contribution < -0.4 is 5.32 Å². The minimum Gasteiger partial charge on any atom is -0.322 e. The lowest BCUT2D eigenvalue weighted by atomic mass is 10.1. The number of rotatable bonds is 4. The van der Waals surface area contributed by atoms with Gasteiger partial charge in [-0.25, -0.2) is 4.39 Å². The number of amides is 2. The minimum atomic E-state index is -0.559. The van der Waals surface area contributed by atoms with E-state index in [2.05, 4.69) is 25.2 Å². The highest BCUT2D eigenvalue weighted by Gasteiger charge is 2.62. The summed E-state index contributed by atoms with van der Waals surface area (Å²) in [6, 6.07) is 5.51. The molecule has 0 radical (unpaired) electrons. The fraction of sp³-hybridized carbons (Fsp3) is 0.500. The van der Waals surface area contributed by atoms with Crippen LogP contribution in [0.5, 0.6) is 0 Å². The molecule has 1 aromatic carbocycles. The van der Waals surface area contributed by atoms with Gasteiger partial charge in [0.1, 0.15) is 11.9 Å². The van der Waals surface area contributed by atoms with E-state index in [1.165, 1.54) is 17.7 Å². The maximum absolute atomic E-state index is 13.8. The number of allylic oxidation sites excluding steroid dienone is 2. The first-order chi connectivity index (χ1) is 12.2. The molecule has 4 nitrogen and oxygen atoms in total. The number of halogens is 1. The molecule has 1 heterocycles. The topological polar surface area (TPSA) is 49.4 Å². The van der Waals surface area contributed by atoms with Crippen LogP contribution in [0.2, 0.25) is 0 Å². The van der Waals surface area contributed by atoms with Crippen LogP contribution in [0.1, 0.15) is 27.7 Å². The second-order valence-corrected chi connectivity index (χ2v) is 8.86. The molecule has 0 unspecified atom stereocenters. The molecule has 0 aromatic heterocycles. The van der Waals surface area contributed by atoms with Crippen molar-refractivity contribution in [3.05, 3.63) is 41.7 Å². The number of para-hydroxylation sites is 1. The van der Waals surface area contributed by atoms with Gasteiger partial charge >= 0.3 is 0 Å². The van der Waals surface area contributed by atoms with Gasteiger partial charge in [-0.05, 0) is 37.3 Å². The van der Waals surface area contributed by atoms with Crippen LogP contribution in [0, 0.1) is 23.1 Å². The fourth-order valence-corrected chi connectivity index (χ4v) is 4.82. The van der Waals surface area contributed by atoms with E-state index < -0.39 is 11.9 Å². The van der Waals surface area contributed by atoms with Crippen molar-refractivity contribution in [1.29, 1.82) is 0 Å². The van der Waals surface area contributed by atoms with Crippen molar-refractivity contribution >= 4 is 29.3 Å². The summed E-state index contributed by atoms with van der Waals surface area (Å²) < 4.78 is 13.8. The molecule has 140 valence electrons. The predicted octanol–water partition coefficient (Wildman–Crippen LogP) is 3.90. The number of hydrogen-bond donors (Lipinski definition) is 1. The number of nitrogens with one attached hydrogen (secondary N) is 1. The van der Waals surface area contributed by atoms with Crippen molar-refractivity contribution in [3.63, 3.8) is 0 Å². The Morgan fingerprint density at radius 3 is 2.65 bits per heavy atom. The molecular weight excluding hydrogens is 351 g/mol. The first-order valence-corrected chi connectivity index (χ1v) is 9.97. The monoisotopic (exact) mass is 376 g/mol. The summed E-state index contributed by atoms with van der Waals surface area (Å²) in [6.45, 7) is 8.26. The molecule has 1 saturated carbocycles. The summed E-state index contributed by atoms with van der Waals surface area (Å²) in [5, 5.41) is 2.63. The standard InChI is InChI=1S/C20H25FN2O2S/c1-12(2)9-13-17(20(13,3)4)19(25)23-11-26-10-16(23)18(24)22-15-8-6-5-7-14(15)21/h5-9,13,16-17H,10-11H2,1-4H3,(H,22,24)/t13-,16+,17+/m1/s1. The van der Waals surface area contributed by atoms with Gasteiger partial charge in [-0.1, -0.05) is 37.6 Å². The smallest absolute Gasteiger partial charge is 0.248 e. The van der Waals surface area contributed by atoms with Gasteiger partial charge in [0.05, 0.1) is 17.5 Å². The molecule has 6 heteroatoms. The third-order valence-electron chi connectivity index (χ3n) is 5.29. The third kappa shape index (κ3) is 3.52. The molecule has 0 spiro atoms. The summed E-state index contributed by atoms with van der Waals surface area (Å²) in [5.74, 6) is 0.369. The highest BCUT2D eigenvalue weighted by atomic mass is 32.2. The molecule has 2 fully saturated rings. The van der Waals surface area contributed by atoms with E-state index in [0.29, 0.717) is 11.6 Å². The molecule has 2 amide bonds. The van der Waals surface area contributed by atoms with Crippen LogP contribution >= 0.6 is 11.8 Å². The Morgan fingerprint density at radius 2 is 2.00 bits per heavy atom. The molecule has 1 N–H and O–H groups in total. The van der Waals surface area contributed by atoms with E-state index in [1.807, 2.05) is 13.8 Å². The van der Waals surface area contributed by atoms with Gasteiger partial charge in [-0.15, -0.1) is 11.8 Å². The number of benzene rings is 1. The molecule has 0 bridgehead atoms. The van der Waals surface area contributed by atoms with Crippen molar-refractivity contribution in [2.75, 3.05) is 16.9 Å². The van der Waals surface area contributed by atoms with Gasteiger partial charge < -0.3 is 10.2 Å². The predicted molar refractivity (Wildman–Crippen MR) is 103 cm³/mol. The van der Waals surface area contributed by atoms with Gasteiger partial charge in [0, 0.05) is 5.75 Å². The van der Waals surface area contributed by atoms with E-state index >= 15 is 0 Å². The zero-order valence-corrected chi connectivity index (χ0v) is 16.4. The van der Waals surface area contributed by atoms with Crippen LogP contribution in [0.15, 0.2) is 35.9 Å². The second-order valence-electron chi connectivity index (χ2n) is 7.86. The maximum Gasteiger partial charge on any atom is 0.248 e. The van der Waals surface area contributed by atoms with Crippen molar-refractivity contribution in [1.82, 2.24) is 4.90 Å². The average molecular weight is 376 g/mol. The van der Waals surface area contributed by atoms with Crippen molar-refractivity contribution in [3.8, 4) is 0 Å². The van der Waals surface area contributed by atoms with Crippen molar-refractivity contribution in [2.24, 2.45) is 17.3 Å². The van der Waals surface area contributed by atoms with Crippen LogP contribution in [0.4, 0.5) is 10.1 Å². The Morgan fingerprint density at radius 1 is 1.31 bits per heavy atom. The molecule has 3 rings (SSSR count). The highest BCUT2D eigenvalue weighted by molar-refractivity contribution is 7.99. The molecule has 26 heavy (non-hydrogen) atoms.